The number of carboxylic acids is 2. The summed E-state index contributed by atoms with van der Waals surface area (Å²) >= 11 is 1.01. The number of carbonyl (C=O) groups is 4. The maximum absolute atomic E-state index is 12.5. The second-order valence-corrected chi connectivity index (χ2v) is 6.46. The van der Waals surface area contributed by atoms with Crippen molar-refractivity contribution in [3.8, 4) is 0 Å². The summed E-state index contributed by atoms with van der Waals surface area (Å²) in [5.41, 5.74) is 0.922. The SMILES string of the molecule is CC(=O)SCC(C)C(=O)N(CC(=O)O)c1ccc(CC(=O)O)cc1. The maximum atomic E-state index is 12.5. The fraction of sp³-hybridized carbons (Fsp3) is 0.375. The van der Waals surface area contributed by atoms with Gasteiger partial charge in [-0.05, 0) is 17.7 Å². The van der Waals surface area contributed by atoms with Gasteiger partial charge in [-0.2, -0.15) is 0 Å². The minimum absolute atomic E-state index is 0.113. The summed E-state index contributed by atoms with van der Waals surface area (Å²) < 4.78 is 0. The number of nitrogens with zero attached hydrogens (tertiary/aromatic N) is 1. The Hall–Kier alpha value is -2.35. The highest BCUT2D eigenvalue weighted by atomic mass is 32.2. The molecule has 8 heteroatoms. The molecule has 0 bridgehead atoms. The van der Waals surface area contributed by atoms with Crippen LogP contribution in [0.15, 0.2) is 24.3 Å². The van der Waals surface area contributed by atoms with Crippen LogP contribution in [0.4, 0.5) is 5.69 Å². The molecule has 0 radical (unpaired) electrons. The number of hydrogen-bond donors (Lipinski definition) is 2. The zero-order chi connectivity index (χ0) is 18.3. The van der Waals surface area contributed by atoms with Gasteiger partial charge in [-0.1, -0.05) is 30.8 Å². The Morgan fingerprint density at radius 2 is 1.67 bits per heavy atom. The Morgan fingerprint density at radius 3 is 2.12 bits per heavy atom. The molecule has 0 heterocycles. The van der Waals surface area contributed by atoms with Gasteiger partial charge in [-0.15, -0.1) is 0 Å². The molecule has 1 aromatic rings. The molecule has 0 aromatic heterocycles. The highest BCUT2D eigenvalue weighted by Crippen LogP contribution is 2.20. The number of hydrogen-bond acceptors (Lipinski definition) is 5. The molecule has 0 aliphatic heterocycles. The molecule has 130 valence electrons. The van der Waals surface area contributed by atoms with Gasteiger partial charge in [0.15, 0.2) is 5.12 Å². The molecular formula is C16H19NO6S. The van der Waals surface area contributed by atoms with Gasteiger partial charge >= 0.3 is 11.9 Å². The predicted molar refractivity (Wildman–Crippen MR) is 90.1 cm³/mol. The summed E-state index contributed by atoms with van der Waals surface area (Å²) in [6.07, 6.45) is -0.154. The molecule has 0 saturated carbocycles. The largest absolute Gasteiger partial charge is 0.481 e. The van der Waals surface area contributed by atoms with Gasteiger partial charge in [0.05, 0.1) is 6.42 Å². The van der Waals surface area contributed by atoms with Crippen molar-refractivity contribution in [3.63, 3.8) is 0 Å². The second-order valence-electron chi connectivity index (χ2n) is 5.26. The lowest BCUT2D eigenvalue weighted by molar-refractivity contribution is -0.137. The van der Waals surface area contributed by atoms with E-state index in [0.29, 0.717) is 11.3 Å². The molecule has 2 N–H and O–H groups in total. The van der Waals surface area contributed by atoms with Crippen LogP contribution in [0.1, 0.15) is 19.4 Å². The van der Waals surface area contributed by atoms with E-state index in [1.165, 1.54) is 19.1 Å². The predicted octanol–water partition coefficient (Wildman–Crippen LogP) is 1.65. The Morgan fingerprint density at radius 1 is 1.08 bits per heavy atom. The highest BCUT2D eigenvalue weighted by Gasteiger charge is 2.24. The first kappa shape index (κ1) is 19.7. The van der Waals surface area contributed by atoms with E-state index in [9.17, 15) is 19.2 Å². The molecule has 1 amide bonds. The number of carbonyl (C=O) groups excluding carboxylic acids is 2. The molecule has 1 aromatic carbocycles. The summed E-state index contributed by atoms with van der Waals surface area (Å²) in [6, 6.07) is 6.12. The van der Waals surface area contributed by atoms with Gasteiger partial charge in [0.25, 0.3) is 0 Å². The van der Waals surface area contributed by atoms with E-state index >= 15 is 0 Å². The van der Waals surface area contributed by atoms with E-state index in [2.05, 4.69) is 0 Å². The van der Waals surface area contributed by atoms with Gasteiger partial charge in [0, 0.05) is 24.3 Å². The van der Waals surface area contributed by atoms with E-state index in [-0.39, 0.29) is 17.3 Å². The number of thioether (sulfide) groups is 1. The second kappa shape index (κ2) is 9.07. The van der Waals surface area contributed by atoms with Crippen LogP contribution in [0.25, 0.3) is 0 Å². The standard InChI is InChI=1S/C16H19NO6S/c1-10(9-24-11(2)18)16(23)17(8-15(21)22)13-5-3-12(4-6-13)7-14(19)20/h3-6,10H,7-9H2,1-2H3,(H,19,20)(H,21,22). The van der Waals surface area contributed by atoms with Crippen LogP contribution in [-0.2, 0) is 25.6 Å². The third kappa shape index (κ3) is 6.41. The third-order valence-electron chi connectivity index (χ3n) is 3.12. The zero-order valence-corrected chi connectivity index (χ0v) is 14.2. The monoisotopic (exact) mass is 353 g/mol. The lowest BCUT2D eigenvalue weighted by atomic mass is 10.1. The summed E-state index contributed by atoms with van der Waals surface area (Å²) in [4.78, 5) is 46.4. The van der Waals surface area contributed by atoms with Crippen LogP contribution in [0, 0.1) is 5.92 Å². The van der Waals surface area contributed by atoms with E-state index in [4.69, 9.17) is 10.2 Å². The molecular weight excluding hydrogens is 334 g/mol. The first-order valence-electron chi connectivity index (χ1n) is 7.18. The smallest absolute Gasteiger partial charge is 0.323 e. The van der Waals surface area contributed by atoms with E-state index in [1.807, 2.05) is 0 Å². The Balaban J connectivity index is 2.95. The van der Waals surface area contributed by atoms with Gasteiger partial charge < -0.3 is 15.1 Å². The number of amides is 1. The fourth-order valence-electron chi connectivity index (χ4n) is 1.98. The minimum atomic E-state index is -1.16. The van der Waals surface area contributed by atoms with Crippen LogP contribution in [0.5, 0.6) is 0 Å². The van der Waals surface area contributed by atoms with Crippen LogP contribution in [0.2, 0.25) is 0 Å². The molecule has 1 unspecified atom stereocenters. The number of rotatable bonds is 8. The maximum Gasteiger partial charge on any atom is 0.323 e. The van der Waals surface area contributed by atoms with Gasteiger partial charge in [-0.3, -0.25) is 19.2 Å². The molecule has 0 saturated heterocycles. The Kier molecular flexibility index (Phi) is 7.44. The first-order valence-corrected chi connectivity index (χ1v) is 8.16. The average Bonchev–Trinajstić information content (AvgIpc) is 2.49. The van der Waals surface area contributed by atoms with Crippen molar-refractivity contribution < 1.29 is 29.4 Å². The van der Waals surface area contributed by atoms with Crippen molar-refractivity contribution in [1.82, 2.24) is 0 Å². The summed E-state index contributed by atoms with van der Waals surface area (Å²) in [5.74, 6) is -2.81. The minimum Gasteiger partial charge on any atom is -0.481 e. The molecule has 0 aliphatic rings. The van der Waals surface area contributed by atoms with E-state index in [1.54, 1.807) is 19.1 Å². The van der Waals surface area contributed by atoms with Crippen molar-refractivity contribution in [3.05, 3.63) is 29.8 Å². The van der Waals surface area contributed by atoms with Gasteiger partial charge in [0.2, 0.25) is 5.91 Å². The lowest BCUT2D eigenvalue weighted by Gasteiger charge is -2.24. The Labute approximate surface area is 143 Å². The highest BCUT2D eigenvalue weighted by molar-refractivity contribution is 8.13. The summed E-state index contributed by atoms with van der Waals surface area (Å²) in [7, 11) is 0. The Bertz CT molecular complexity index is 628. The van der Waals surface area contributed by atoms with Crippen molar-refractivity contribution in [2.75, 3.05) is 17.2 Å². The van der Waals surface area contributed by atoms with Gasteiger partial charge in [0.1, 0.15) is 6.54 Å². The number of carboxylic acid groups (broad SMARTS) is 2. The molecule has 0 aliphatic carbocycles. The summed E-state index contributed by atoms with van der Waals surface area (Å²) in [5, 5.41) is 17.7. The third-order valence-corrected chi connectivity index (χ3v) is 4.19. The fourth-order valence-corrected chi connectivity index (χ4v) is 2.61. The molecule has 24 heavy (non-hydrogen) atoms. The van der Waals surface area contributed by atoms with Crippen LogP contribution >= 0.6 is 11.8 Å². The molecule has 7 nitrogen and oxygen atoms in total. The first-order chi connectivity index (χ1) is 11.2. The topological polar surface area (TPSA) is 112 Å². The van der Waals surface area contributed by atoms with Crippen LogP contribution in [-0.4, -0.2) is 45.5 Å². The molecule has 1 atom stereocenters. The van der Waals surface area contributed by atoms with Crippen molar-refractivity contribution in [2.45, 2.75) is 20.3 Å². The summed E-state index contributed by atoms with van der Waals surface area (Å²) in [6.45, 7) is 2.52. The number of anilines is 1. The zero-order valence-electron chi connectivity index (χ0n) is 13.4. The van der Waals surface area contributed by atoms with E-state index < -0.39 is 30.3 Å². The van der Waals surface area contributed by atoms with Crippen molar-refractivity contribution in [2.24, 2.45) is 5.92 Å². The van der Waals surface area contributed by atoms with Crippen LogP contribution in [0.3, 0.4) is 0 Å². The van der Waals surface area contributed by atoms with Crippen LogP contribution < -0.4 is 4.90 Å². The lowest BCUT2D eigenvalue weighted by Crippen LogP contribution is -2.39. The van der Waals surface area contributed by atoms with E-state index in [0.717, 1.165) is 16.7 Å². The van der Waals surface area contributed by atoms with Crippen molar-refractivity contribution >= 4 is 40.4 Å². The quantitative estimate of drug-likeness (QED) is 0.730. The number of benzene rings is 1. The van der Waals surface area contributed by atoms with Crippen molar-refractivity contribution in [1.29, 1.82) is 0 Å². The molecule has 0 fully saturated rings. The number of aliphatic carboxylic acids is 2. The molecule has 1 rings (SSSR count). The average molecular weight is 353 g/mol. The van der Waals surface area contributed by atoms with Gasteiger partial charge in [-0.25, -0.2) is 0 Å². The molecule has 0 spiro atoms. The normalized spacial score (nSPS) is 11.6.